The summed E-state index contributed by atoms with van der Waals surface area (Å²) in [6.07, 6.45) is 0.940. The molecule has 0 radical (unpaired) electrons. The predicted octanol–water partition coefficient (Wildman–Crippen LogP) is 3.20. The number of hydrogen-bond donors (Lipinski definition) is 0. The summed E-state index contributed by atoms with van der Waals surface area (Å²) in [5.74, 6) is 1.83. The Morgan fingerprint density at radius 2 is 2.15 bits per heavy atom. The second-order valence-corrected chi connectivity index (χ2v) is 5.69. The van der Waals surface area contributed by atoms with Crippen molar-refractivity contribution in [1.29, 1.82) is 0 Å². The van der Waals surface area contributed by atoms with Gasteiger partial charge in [-0.3, -0.25) is 4.90 Å². The fourth-order valence-electron chi connectivity index (χ4n) is 2.58. The minimum absolute atomic E-state index is 0.735. The maximum atomic E-state index is 6.17. The van der Waals surface area contributed by atoms with E-state index in [1.165, 1.54) is 5.56 Å². The summed E-state index contributed by atoms with van der Waals surface area (Å²) in [7, 11) is 2.05. The third-order valence-electron chi connectivity index (χ3n) is 3.37. The van der Waals surface area contributed by atoms with Gasteiger partial charge in [0.05, 0.1) is 12.3 Å². The van der Waals surface area contributed by atoms with Crippen molar-refractivity contribution >= 4 is 11.6 Å². The predicted molar refractivity (Wildman–Crippen MR) is 77.1 cm³/mol. The molecule has 1 aromatic heterocycles. The fourth-order valence-corrected chi connectivity index (χ4v) is 2.84. The summed E-state index contributed by atoms with van der Waals surface area (Å²) >= 11 is 6.17. The SMILES string of the molecule is Cc1cc(CN(C)Cc2cc(Cl)cc3c2OCC3)no1. The van der Waals surface area contributed by atoms with Crippen LogP contribution in [0.2, 0.25) is 5.02 Å². The summed E-state index contributed by atoms with van der Waals surface area (Å²) in [6.45, 7) is 4.15. The van der Waals surface area contributed by atoms with Gasteiger partial charge in [0, 0.05) is 36.2 Å². The number of nitrogens with zero attached hydrogens (tertiary/aromatic N) is 2. The van der Waals surface area contributed by atoms with Crippen molar-refractivity contribution in [2.45, 2.75) is 26.4 Å². The Morgan fingerprint density at radius 3 is 2.90 bits per heavy atom. The highest BCUT2D eigenvalue weighted by atomic mass is 35.5. The van der Waals surface area contributed by atoms with Crippen LogP contribution in [0.5, 0.6) is 5.75 Å². The number of ether oxygens (including phenoxy) is 1. The molecule has 5 heteroatoms. The highest BCUT2D eigenvalue weighted by Crippen LogP contribution is 2.33. The Hall–Kier alpha value is -1.52. The van der Waals surface area contributed by atoms with Crippen molar-refractivity contribution in [3.8, 4) is 5.75 Å². The molecule has 1 aliphatic rings. The van der Waals surface area contributed by atoms with Gasteiger partial charge in [0.1, 0.15) is 11.5 Å². The molecule has 106 valence electrons. The molecule has 0 atom stereocenters. The molecule has 0 unspecified atom stereocenters. The zero-order valence-electron chi connectivity index (χ0n) is 11.6. The monoisotopic (exact) mass is 292 g/mol. The van der Waals surface area contributed by atoms with Crippen molar-refractivity contribution in [2.24, 2.45) is 0 Å². The number of aryl methyl sites for hydroxylation is 1. The second kappa shape index (κ2) is 5.46. The quantitative estimate of drug-likeness (QED) is 0.867. The molecule has 2 aromatic rings. The zero-order chi connectivity index (χ0) is 14.1. The van der Waals surface area contributed by atoms with Crippen LogP contribution < -0.4 is 4.74 Å². The van der Waals surface area contributed by atoms with Gasteiger partial charge in [0.2, 0.25) is 0 Å². The van der Waals surface area contributed by atoms with E-state index in [1.54, 1.807) is 0 Å². The largest absolute Gasteiger partial charge is 0.493 e. The van der Waals surface area contributed by atoms with E-state index >= 15 is 0 Å². The molecule has 1 aromatic carbocycles. The van der Waals surface area contributed by atoms with E-state index in [0.717, 1.165) is 53.9 Å². The van der Waals surface area contributed by atoms with Crippen molar-refractivity contribution in [1.82, 2.24) is 10.1 Å². The minimum Gasteiger partial charge on any atom is -0.493 e. The first-order valence-electron chi connectivity index (χ1n) is 6.66. The Bertz CT molecular complexity index is 624. The Balaban J connectivity index is 1.74. The van der Waals surface area contributed by atoms with Crippen molar-refractivity contribution in [3.05, 3.63) is 45.8 Å². The average molecular weight is 293 g/mol. The first kappa shape index (κ1) is 13.5. The maximum absolute atomic E-state index is 6.17. The Labute approximate surface area is 123 Å². The molecule has 0 saturated carbocycles. The molecule has 0 spiro atoms. The van der Waals surface area contributed by atoms with Gasteiger partial charge >= 0.3 is 0 Å². The normalized spacial score (nSPS) is 13.6. The lowest BCUT2D eigenvalue weighted by molar-refractivity contribution is 0.292. The number of benzene rings is 1. The van der Waals surface area contributed by atoms with Gasteiger partial charge in [-0.1, -0.05) is 16.8 Å². The molecule has 0 amide bonds. The Morgan fingerprint density at radius 1 is 1.30 bits per heavy atom. The summed E-state index contributed by atoms with van der Waals surface area (Å²) in [5, 5.41) is 4.79. The first-order chi connectivity index (χ1) is 9.61. The molecule has 0 N–H and O–H groups in total. The van der Waals surface area contributed by atoms with Crippen LogP contribution in [-0.4, -0.2) is 23.7 Å². The van der Waals surface area contributed by atoms with Crippen LogP contribution in [0.15, 0.2) is 22.7 Å². The van der Waals surface area contributed by atoms with E-state index in [4.69, 9.17) is 20.9 Å². The smallest absolute Gasteiger partial charge is 0.133 e. The van der Waals surface area contributed by atoms with Crippen molar-refractivity contribution in [2.75, 3.05) is 13.7 Å². The van der Waals surface area contributed by atoms with Gasteiger partial charge in [-0.15, -0.1) is 0 Å². The average Bonchev–Trinajstić information content (AvgIpc) is 2.98. The molecule has 0 bridgehead atoms. The molecule has 3 rings (SSSR count). The first-order valence-corrected chi connectivity index (χ1v) is 7.04. The number of rotatable bonds is 4. The van der Waals surface area contributed by atoms with E-state index in [0.29, 0.717) is 0 Å². The molecule has 1 aliphatic heterocycles. The molecule has 2 heterocycles. The van der Waals surface area contributed by atoms with Crippen LogP contribution in [0.4, 0.5) is 0 Å². The molecule has 0 saturated heterocycles. The molecular weight excluding hydrogens is 276 g/mol. The molecule has 4 nitrogen and oxygen atoms in total. The standard InChI is InChI=1S/C15H17ClN2O2/c1-10-5-14(17-20-10)9-18(2)8-12-7-13(16)6-11-3-4-19-15(11)12/h5-7H,3-4,8-9H2,1-2H3. The molecule has 20 heavy (non-hydrogen) atoms. The Kier molecular flexibility index (Phi) is 3.68. The number of aromatic nitrogens is 1. The van der Waals surface area contributed by atoms with E-state index in [2.05, 4.69) is 10.1 Å². The molecule has 0 fully saturated rings. The van der Waals surface area contributed by atoms with E-state index < -0.39 is 0 Å². The summed E-state index contributed by atoms with van der Waals surface area (Å²) in [5.41, 5.74) is 3.27. The van der Waals surface area contributed by atoms with Crippen molar-refractivity contribution in [3.63, 3.8) is 0 Å². The topological polar surface area (TPSA) is 38.5 Å². The highest BCUT2D eigenvalue weighted by molar-refractivity contribution is 6.30. The van der Waals surface area contributed by atoms with Crippen LogP contribution in [0.3, 0.4) is 0 Å². The number of fused-ring (bicyclic) bond motifs is 1. The van der Waals surface area contributed by atoms with Gasteiger partial charge in [0.15, 0.2) is 0 Å². The summed E-state index contributed by atoms with van der Waals surface area (Å²) in [4.78, 5) is 2.17. The summed E-state index contributed by atoms with van der Waals surface area (Å²) < 4.78 is 10.8. The van der Waals surface area contributed by atoms with Gasteiger partial charge < -0.3 is 9.26 Å². The maximum Gasteiger partial charge on any atom is 0.133 e. The van der Waals surface area contributed by atoms with Gasteiger partial charge in [-0.05, 0) is 31.7 Å². The van der Waals surface area contributed by atoms with Crippen LogP contribution in [0.1, 0.15) is 22.6 Å². The van der Waals surface area contributed by atoms with E-state index in [1.807, 2.05) is 32.2 Å². The highest BCUT2D eigenvalue weighted by Gasteiger charge is 2.18. The summed E-state index contributed by atoms with van der Waals surface area (Å²) in [6, 6.07) is 5.93. The lowest BCUT2D eigenvalue weighted by atomic mass is 10.1. The molecular formula is C15H17ClN2O2. The lowest BCUT2D eigenvalue weighted by Gasteiger charge is -2.17. The van der Waals surface area contributed by atoms with Gasteiger partial charge in [0.25, 0.3) is 0 Å². The van der Waals surface area contributed by atoms with Crippen LogP contribution in [0, 0.1) is 6.92 Å². The van der Waals surface area contributed by atoms with Gasteiger partial charge in [-0.25, -0.2) is 0 Å². The van der Waals surface area contributed by atoms with Gasteiger partial charge in [-0.2, -0.15) is 0 Å². The fraction of sp³-hybridized carbons (Fsp3) is 0.400. The molecule has 0 aliphatic carbocycles. The number of halogens is 1. The van der Waals surface area contributed by atoms with Crippen LogP contribution in [0.25, 0.3) is 0 Å². The lowest BCUT2D eigenvalue weighted by Crippen LogP contribution is -2.17. The third kappa shape index (κ3) is 2.81. The van der Waals surface area contributed by atoms with E-state index in [9.17, 15) is 0 Å². The second-order valence-electron chi connectivity index (χ2n) is 5.25. The van der Waals surface area contributed by atoms with E-state index in [-0.39, 0.29) is 0 Å². The van der Waals surface area contributed by atoms with Crippen molar-refractivity contribution < 1.29 is 9.26 Å². The van der Waals surface area contributed by atoms with Crippen LogP contribution in [-0.2, 0) is 19.5 Å². The minimum atomic E-state index is 0.735. The van der Waals surface area contributed by atoms with Crippen LogP contribution >= 0.6 is 11.6 Å². The number of hydrogen-bond acceptors (Lipinski definition) is 4. The third-order valence-corrected chi connectivity index (χ3v) is 3.59. The zero-order valence-corrected chi connectivity index (χ0v) is 12.4.